The quantitative estimate of drug-likeness (QED) is 0.439. The fraction of sp³-hybridized carbons (Fsp3) is 0.700. The second-order valence-electron chi connectivity index (χ2n) is 3.27. The summed E-state index contributed by atoms with van der Waals surface area (Å²) in [6.07, 6.45) is 10.2. The molecule has 0 heterocycles. The van der Waals surface area contributed by atoms with Gasteiger partial charge in [0.15, 0.2) is 0 Å². The minimum atomic E-state index is 0.306. The zero-order valence-electron chi connectivity index (χ0n) is 7.12. The van der Waals surface area contributed by atoms with Crippen molar-refractivity contribution >= 4 is 6.29 Å². The van der Waals surface area contributed by atoms with Gasteiger partial charge < -0.3 is 4.79 Å². The standard InChI is InChI=1S/C10H16O/c1-2-5-9-6-3-4-7-10(9)8-11/h2,5,8-10H,3-4,6-7H2,1H3/b5-2-/t9-,10+/m1/s1. The lowest BCUT2D eigenvalue weighted by Gasteiger charge is -2.24. The molecule has 0 aromatic rings. The van der Waals surface area contributed by atoms with E-state index in [4.69, 9.17) is 0 Å². The number of carbonyl (C=O) groups excluding carboxylic acids is 1. The summed E-state index contributed by atoms with van der Waals surface area (Å²) in [5.74, 6) is 0.839. The first-order valence-electron chi connectivity index (χ1n) is 4.46. The molecule has 0 aliphatic heterocycles. The number of rotatable bonds is 2. The smallest absolute Gasteiger partial charge is 0.123 e. The van der Waals surface area contributed by atoms with E-state index in [2.05, 4.69) is 12.2 Å². The van der Waals surface area contributed by atoms with Crippen molar-refractivity contribution in [3.63, 3.8) is 0 Å². The van der Waals surface area contributed by atoms with Gasteiger partial charge in [-0.1, -0.05) is 25.0 Å². The summed E-state index contributed by atoms with van der Waals surface area (Å²) in [6.45, 7) is 2.02. The fourth-order valence-corrected chi connectivity index (χ4v) is 1.84. The number of carbonyl (C=O) groups is 1. The van der Waals surface area contributed by atoms with Crippen molar-refractivity contribution in [1.82, 2.24) is 0 Å². The second-order valence-corrected chi connectivity index (χ2v) is 3.27. The summed E-state index contributed by atoms with van der Waals surface area (Å²) in [7, 11) is 0. The number of aldehydes is 1. The maximum absolute atomic E-state index is 10.6. The molecule has 0 spiro atoms. The molecule has 0 unspecified atom stereocenters. The third-order valence-electron chi connectivity index (χ3n) is 2.49. The van der Waals surface area contributed by atoms with E-state index in [1.165, 1.54) is 19.3 Å². The van der Waals surface area contributed by atoms with Crippen LogP contribution < -0.4 is 0 Å². The molecular formula is C10H16O. The van der Waals surface area contributed by atoms with Crippen LogP contribution in [0.3, 0.4) is 0 Å². The van der Waals surface area contributed by atoms with Gasteiger partial charge >= 0.3 is 0 Å². The maximum atomic E-state index is 10.6. The van der Waals surface area contributed by atoms with Gasteiger partial charge in [-0.15, -0.1) is 0 Å². The predicted molar refractivity (Wildman–Crippen MR) is 46.3 cm³/mol. The monoisotopic (exact) mass is 152 g/mol. The van der Waals surface area contributed by atoms with Gasteiger partial charge in [0, 0.05) is 5.92 Å². The van der Waals surface area contributed by atoms with Crippen LogP contribution in [0.5, 0.6) is 0 Å². The number of allylic oxidation sites excluding steroid dienone is 2. The van der Waals surface area contributed by atoms with Gasteiger partial charge in [-0.05, 0) is 25.7 Å². The highest BCUT2D eigenvalue weighted by atomic mass is 16.1. The van der Waals surface area contributed by atoms with Crippen LogP contribution in [0.25, 0.3) is 0 Å². The first kappa shape index (κ1) is 8.51. The average Bonchev–Trinajstić information content (AvgIpc) is 2.06. The maximum Gasteiger partial charge on any atom is 0.123 e. The largest absolute Gasteiger partial charge is 0.303 e. The highest BCUT2D eigenvalue weighted by molar-refractivity contribution is 5.54. The Kier molecular flexibility index (Phi) is 3.34. The van der Waals surface area contributed by atoms with Crippen molar-refractivity contribution < 1.29 is 4.79 Å². The van der Waals surface area contributed by atoms with Crippen molar-refractivity contribution in [1.29, 1.82) is 0 Å². The molecule has 0 radical (unpaired) electrons. The SMILES string of the molecule is C/C=C\[C@@H]1CCCC[C@H]1C=O. The molecule has 1 aliphatic rings. The van der Waals surface area contributed by atoms with Crippen molar-refractivity contribution in [3.8, 4) is 0 Å². The van der Waals surface area contributed by atoms with E-state index in [0.29, 0.717) is 11.8 Å². The molecule has 62 valence electrons. The lowest BCUT2D eigenvalue weighted by atomic mass is 9.80. The predicted octanol–water partition coefficient (Wildman–Crippen LogP) is 2.57. The summed E-state index contributed by atoms with van der Waals surface area (Å²) in [5.41, 5.74) is 0. The molecule has 11 heavy (non-hydrogen) atoms. The van der Waals surface area contributed by atoms with E-state index in [0.717, 1.165) is 12.7 Å². The van der Waals surface area contributed by atoms with Crippen LogP contribution >= 0.6 is 0 Å². The summed E-state index contributed by atoms with van der Waals surface area (Å²) >= 11 is 0. The third kappa shape index (κ3) is 2.18. The first-order valence-corrected chi connectivity index (χ1v) is 4.46. The molecule has 1 saturated carbocycles. The zero-order chi connectivity index (χ0) is 8.10. The summed E-state index contributed by atoms with van der Waals surface area (Å²) in [4.78, 5) is 10.6. The normalized spacial score (nSPS) is 32.5. The Morgan fingerprint density at radius 3 is 2.36 bits per heavy atom. The van der Waals surface area contributed by atoms with E-state index in [1.807, 2.05) is 6.92 Å². The molecule has 0 aromatic carbocycles. The molecule has 0 aromatic heterocycles. The Balaban J connectivity index is 2.50. The van der Waals surface area contributed by atoms with Gasteiger partial charge in [-0.2, -0.15) is 0 Å². The van der Waals surface area contributed by atoms with Gasteiger partial charge in [0.25, 0.3) is 0 Å². The minimum Gasteiger partial charge on any atom is -0.303 e. The van der Waals surface area contributed by atoms with Gasteiger partial charge in [0.05, 0.1) is 0 Å². The lowest BCUT2D eigenvalue weighted by molar-refractivity contribution is -0.112. The van der Waals surface area contributed by atoms with Crippen LogP contribution in [-0.2, 0) is 4.79 Å². The Hall–Kier alpha value is -0.590. The Labute approximate surface area is 68.5 Å². The van der Waals surface area contributed by atoms with Crippen molar-refractivity contribution in [3.05, 3.63) is 12.2 Å². The Morgan fingerprint density at radius 2 is 1.82 bits per heavy atom. The van der Waals surface area contributed by atoms with Crippen LogP contribution in [0.15, 0.2) is 12.2 Å². The van der Waals surface area contributed by atoms with Gasteiger partial charge in [-0.25, -0.2) is 0 Å². The molecule has 1 nitrogen and oxygen atoms in total. The molecule has 0 bridgehead atoms. The zero-order valence-corrected chi connectivity index (χ0v) is 7.12. The van der Waals surface area contributed by atoms with Crippen LogP contribution in [0, 0.1) is 11.8 Å². The second kappa shape index (κ2) is 4.32. The third-order valence-corrected chi connectivity index (χ3v) is 2.49. The number of hydrogen-bond donors (Lipinski definition) is 0. The Morgan fingerprint density at radius 1 is 1.18 bits per heavy atom. The van der Waals surface area contributed by atoms with Crippen LogP contribution in [0.1, 0.15) is 32.6 Å². The fourth-order valence-electron chi connectivity index (χ4n) is 1.84. The van der Waals surface area contributed by atoms with Crippen LogP contribution in [0.2, 0.25) is 0 Å². The highest BCUT2D eigenvalue weighted by Gasteiger charge is 2.21. The van der Waals surface area contributed by atoms with Crippen molar-refractivity contribution in [2.24, 2.45) is 11.8 Å². The first-order chi connectivity index (χ1) is 5.38. The highest BCUT2D eigenvalue weighted by Crippen LogP contribution is 2.29. The molecule has 0 N–H and O–H groups in total. The minimum absolute atomic E-state index is 0.306. The van der Waals surface area contributed by atoms with E-state index >= 15 is 0 Å². The van der Waals surface area contributed by atoms with Crippen LogP contribution in [-0.4, -0.2) is 6.29 Å². The summed E-state index contributed by atoms with van der Waals surface area (Å²) in [5, 5.41) is 0. The van der Waals surface area contributed by atoms with E-state index in [1.54, 1.807) is 0 Å². The Bertz CT molecular complexity index is 149. The molecule has 1 heteroatoms. The van der Waals surface area contributed by atoms with E-state index in [-0.39, 0.29) is 0 Å². The van der Waals surface area contributed by atoms with Crippen molar-refractivity contribution in [2.45, 2.75) is 32.6 Å². The van der Waals surface area contributed by atoms with Gasteiger partial charge in [0.1, 0.15) is 6.29 Å². The molecule has 1 rings (SSSR count). The molecule has 0 amide bonds. The van der Waals surface area contributed by atoms with Crippen molar-refractivity contribution in [2.75, 3.05) is 0 Å². The number of hydrogen-bond acceptors (Lipinski definition) is 1. The molecular weight excluding hydrogens is 136 g/mol. The average molecular weight is 152 g/mol. The molecule has 0 saturated heterocycles. The summed E-state index contributed by atoms with van der Waals surface area (Å²) < 4.78 is 0. The van der Waals surface area contributed by atoms with E-state index in [9.17, 15) is 4.79 Å². The lowest BCUT2D eigenvalue weighted by Crippen LogP contribution is -2.18. The van der Waals surface area contributed by atoms with Crippen LogP contribution in [0.4, 0.5) is 0 Å². The molecule has 2 atom stereocenters. The van der Waals surface area contributed by atoms with Gasteiger partial charge in [-0.3, -0.25) is 0 Å². The molecule has 1 fully saturated rings. The molecule has 1 aliphatic carbocycles. The topological polar surface area (TPSA) is 17.1 Å². The summed E-state index contributed by atoms with van der Waals surface area (Å²) in [6, 6.07) is 0. The van der Waals surface area contributed by atoms with E-state index < -0.39 is 0 Å². The van der Waals surface area contributed by atoms with Gasteiger partial charge in [0.2, 0.25) is 0 Å².